The Kier molecular flexibility index (Phi) is 5.46. The average Bonchev–Trinajstić information content (AvgIpc) is 3.42. The summed E-state index contributed by atoms with van der Waals surface area (Å²) in [4.78, 5) is 32.1. The lowest BCUT2D eigenvalue weighted by Crippen LogP contribution is -2.39. The lowest BCUT2D eigenvalue weighted by Gasteiger charge is -2.28. The highest BCUT2D eigenvalue weighted by Gasteiger charge is 2.37. The molecule has 33 heavy (non-hydrogen) atoms. The van der Waals surface area contributed by atoms with Crippen molar-refractivity contribution >= 4 is 44.7 Å². The second-order valence-corrected chi connectivity index (χ2v) is 9.78. The van der Waals surface area contributed by atoms with Gasteiger partial charge in [0.25, 0.3) is 0 Å². The van der Waals surface area contributed by atoms with Crippen LogP contribution in [0, 0.1) is 0 Å². The highest BCUT2D eigenvalue weighted by molar-refractivity contribution is 7.18. The Hall–Kier alpha value is -3.51. The van der Waals surface area contributed by atoms with Crippen LogP contribution in [0.15, 0.2) is 72.8 Å². The SMILES string of the molecule is CC(=O)N1CCc2cc(NC(=O)C(C)(Cc3nc4ccccc4s3)c3ccccc3)ccc21. The molecule has 1 aromatic heterocycles. The van der Waals surface area contributed by atoms with Crippen LogP contribution in [0.4, 0.5) is 11.4 Å². The van der Waals surface area contributed by atoms with Crippen molar-refractivity contribution in [3.63, 3.8) is 0 Å². The molecule has 1 unspecified atom stereocenters. The topological polar surface area (TPSA) is 62.3 Å². The fourth-order valence-electron chi connectivity index (χ4n) is 4.49. The van der Waals surface area contributed by atoms with E-state index in [-0.39, 0.29) is 11.8 Å². The van der Waals surface area contributed by atoms with E-state index >= 15 is 0 Å². The first-order chi connectivity index (χ1) is 15.9. The number of fused-ring (bicyclic) bond motifs is 2. The minimum atomic E-state index is -0.792. The van der Waals surface area contributed by atoms with Gasteiger partial charge in [0.05, 0.1) is 20.6 Å². The van der Waals surface area contributed by atoms with Crippen molar-refractivity contribution in [1.82, 2.24) is 4.98 Å². The van der Waals surface area contributed by atoms with Crippen LogP contribution in [0.3, 0.4) is 0 Å². The average molecular weight is 456 g/mol. The number of hydrogen-bond acceptors (Lipinski definition) is 4. The van der Waals surface area contributed by atoms with Gasteiger partial charge in [-0.15, -0.1) is 11.3 Å². The summed E-state index contributed by atoms with van der Waals surface area (Å²) in [5.41, 5.74) is 3.87. The molecule has 0 spiro atoms. The van der Waals surface area contributed by atoms with Gasteiger partial charge >= 0.3 is 0 Å². The number of nitrogens with one attached hydrogen (secondary N) is 1. The van der Waals surface area contributed by atoms with Crippen LogP contribution >= 0.6 is 11.3 Å². The normalized spacial score (nSPS) is 14.7. The summed E-state index contributed by atoms with van der Waals surface area (Å²) in [6.07, 6.45) is 1.30. The molecule has 3 aromatic carbocycles. The summed E-state index contributed by atoms with van der Waals surface area (Å²) in [5, 5.41) is 4.08. The molecule has 0 bridgehead atoms. The van der Waals surface area contributed by atoms with Gasteiger partial charge in [-0.05, 0) is 54.8 Å². The molecule has 1 aliphatic heterocycles. The van der Waals surface area contributed by atoms with Crippen LogP contribution in [0.5, 0.6) is 0 Å². The second-order valence-electron chi connectivity index (χ2n) is 8.67. The lowest BCUT2D eigenvalue weighted by molar-refractivity contribution is -0.121. The molecule has 0 saturated heterocycles. The molecule has 1 aliphatic rings. The third-order valence-corrected chi connectivity index (χ3v) is 7.40. The van der Waals surface area contributed by atoms with E-state index < -0.39 is 5.41 Å². The molecule has 0 fully saturated rings. The van der Waals surface area contributed by atoms with Gasteiger partial charge in [-0.2, -0.15) is 0 Å². The molecule has 5 rings (SSSR count). The van der Waals surface area contributed by atoms with E-state index in [0.29, 0.717) is 13.0 Å². The Morgan fingerprint density at radius 1 is 1.06 bits per heavy atom. The van der Waals surface area contributed by atoms with Crippen molar-refractivity contribution in [3.05, 3.63) is 88.9 Å². The maximum atomic E-state index is 13.7. The van der Waals surface area contributed by atoms with Crippen molar-refractivity contribution in [2.75, 3.05) is 16.8 Å². The molecule has 166 valence electrons. The number of thiazole rings is 1. The van der Waals surface area contributed by atoms with Crippen molar-refractivity contribution in [1.29, 1.82) is 0 Å². The summed E-state index contributed by atoms with van der Waals surface area (Å²) in [5.74, 6) is -0.0349. The number of carbonyl (C=O) groups is 2. The molecule has 5 nitrogen and oxygen atoms in total. The number of amides is 2. The summed E-state index contributed by atoms with van der Waals surface area (Å²) in [6, 6.07) is 23.7. The van der Waals surface area contributed by atoms with E-state index in [9.17, 15) is 9.59 Å². The zero-order valence-corrected chi connectivity index (χ0v) is 19.5. The van der Waals surface area contributed by atoms with E-state index in [4.69, 9.17) is 4.98 Å². The van der Waals surface area contributed by atoms with Crippen molar-refractivity contribution in [3.8, 4) is 0 Å². The number of hydrogen-bond donors (Lipinski definition) is 1. The fraction of sp³-hybridized carbons (Fsp3) is 0.222. The van der Waals surface area contributed by atoms with Gasteiger partial charge in [0.15, 0.2) is 0 Å². The van der Waals surface area contributed by atoms with Gasteiger partial charge in [-0.1, -0.05) is 42.5 Å². The molecule has 2 heterocycles. The minimum Gasteiger partial charge on any atom is -0.325 e. The molecule has 2 amide bonds. The molecule has 0 saturated carbocycles. The Labute approximate surface area is 197 Å². The lowest BCUT2D eigenvalue weighted by atomic mass is 9.78. The van der Waals surface area contributed by atoms with Crippen molar-refractivity contribution in [2.45, 2.75) is 32.1 Å². The van der Waals surface area contributed by atoms with Gasteiger partial charge in [-0.25, -0.2) is 4.98 Å². The third-order valence-electron chi connectivity index (χ3n) is 6.37. The molecule has 1 atom stereocenters. The van der Waals surface area contributed by atoms with Gasteiger partial charge in [0, 0.05) is 31.3 Å². The van der Waals surface area contributed by atoms with Crippen LogP contribution in [0.2, 0.25) is 0 Å². The van der Waals surface area contributed by atoms with Crippen molar-refractivity contribution < 1.29 is 9.59 Å². The van der Waals surface area contributed by atoms with Crippen LogP contribution < -0.4 is 10.2 Å². The zero-order chi connectivity index (χ0) is 23.0. The first-order valence-electron chi connectivity index (χ1n) is 11.1. The number of benzene rings is 3. The molecule has 0 aliphatic carbocycles. The van der Waals surface area contributed by atoms with E-state index in [1.807, 2.05) is 73.7 Å². The molecular formula is C27H25N3O2S. The largest absolute Gasteiger partial charge is 0.325 e. The fourth-order valence-corrected chi connectivity index (χ4v) is 5.62. The van der Waals surface area contributed by atoms with Gasteiger partial charge in [0.2, 0.25) is 11.8 Å². The molecule has 4 aromatic rings. The molecule has 0 radical (unpaired) electrons. The Bertz CT molecular complexity index is 1320. The van der Waals surface area contributed by atoms with E-state index in [2.05, 4.69) is 11.4 Å². The zero-order valence-electron chi connectivity index (χ0n) is 18.7. The Morgan fingerprint density at radius 2 is 1.82 bits per heavy atom. The Balaban J connectivity index is 1.46. The quantitative estimate of drug-likeness (QED) is 0.442. The molecular weight excluding hydrogens is 430 g/mol. The number of rotatable bonds is 5. The highest BCUT2D eigenvalue weighted by Crippen LogP contribution is 2.35. The van der Waals surface area contributed by atoms with Crippen LogP contribution in [-0.4, -0.2) is 23.3 Å². The maximum absolute atomic E-state index is 13.7. The molecule has 6 heteroatoms. The van der Waals surface area contributed by atoms with E-state index in [1.165, 1.54) is 0 Å². The summed E-state index contributed by atoms with van der Waals surface area (Å²) in [6.45, 7) is 4.24. The first kappa shape index (κ1) is 21.3. The monoisotopic (exact) mass is 455 g/mol. The number of carbonyl (C=O) groups excluding carboxylic acids is 2. The number of aromatic nitrogens is 1. The standard InChI is InChI=1S/C27H25N3O2S/c1-18(31)30-15-14-19-16-21(12-13-23(19)30)28-26(32)27(2,20-8-4-3-5-9-20)17-25-29-22-10-6-7-11-24(22)33-25/h3-13,16H,14-15,17H2,1-2H3,(H,28,32). The summed E-state index contributed by atoms with van der Waals surface area (Å²) in [7, 11) is 0. The highest BCUT2D eigenvalue weighted by atomic mass is 32.1. The van der Waals surface area contributed by atoms with E-state index in [1.54, 1.807) is 23.2 Å². The summed E-state index contributed by atoms with van der Waals surface area (Å²) >= 11 is 1.63. The van der Waals surface area contributed by atoms with Gasteiger partial charge in [0.1, 0.15) is 0 Å². The van der Waals surface area contributed by atoms with Gasteiger partial charge in [-0.3, -0.25) is 9.59 Å². The second kappa shape index (κ2) is 8.45. The predicted octanol–water partition coefficient (Wildman–Crippen LogP) is 5.34. The van der Waals surface area contributed by atoms with Crippen LogP contribution in [-0.2, 0) is 27.8 Å². The number of nitrogens with zero attached hydrogens (tertiary/aromatic N) is 2. The Morgan fingerprint density at radius 3 is 2.58 bits per heavy atom. The predicted molar refractivity (Wildman–Crippen MR) is 134 cm³/mol. The van der Waals surface area contributed by atoms with E-state index in [0.717, 1.165) is 44.1 Å². The number of anilines is 2. The third kappa shape index (κ3) is 4.02. The maximum Gasteiger partial charge on any atom is 0.235 e. The van der Waals surface area contributed by atoms with Crippen LogP contribution in [0.25, 0.3) is 10.2 Å². The number of para-hydroxylation sites is 1. The minimum absolute atomic E-state index is 0.0398. The van der Waals surface area contributed by atoms with Crippen LogP contribution in [0.1, 0.15) is 30.0 Å². The smallest absolute Gasteiger partial charge is 0.235 e. The van der Waals surface area contributed by atoms with Gasteiger partial charge < -0.3 is 10.2 Å². The first-order valence-corrected chi connectivity index (χ1v) is 11.9. The van der Waals surface area contributed by atoms with Crippen molar-refractivity contribution in [2.24, 2.45) is 0 Å². The molecule has 1 N–H and O–H groups in total. The summed E-state index contributed by atoms with van der Waals surface area (Å²) < 4.78 is 1.12.